The van der Waals surface area contributed by atoms with Crippen molar-refractivity contribution < 1.29 is 4.39 Å². The second-order valence-electron chi connectivity index (χ2n) is 5.10. The average molecular weight is 323 g/mol. The van der Waals surface area contributed by atoms with Crippen molar-refractivity contribution in [3.63, 3.8) is 0 Å². The number of nitrogens with zero attached hydrogens (tertiary/aromatic N) is 1. The summed E-state index contributed by atoms with van der Waals surface area (Å²) in [6.45, 7) is 8.34. The summed E-state index contributed by atoms with van der Waals surface area (Å²) >= 11 is 0. The van der Waals surface area contributed by atoms with Gasteiger partial charge in [0.1, 0.15) is 5.82 Å². The summed E-state index contributed by atoms with van der Waals surface area (Å²) in [5.41, 5.74) is 2.02. The van der Waals surface area contributed by atoms with Crippen LogP contribution in [0.25, 0.3) is 0 Å². The zero-order valence-electron chi connectivity index (χ0n) is 12.2. The fourth-order valence-corrected chi connectivity index (χ4v) is 2.70. The van der Waals surface area contributed by atoms with E-state index < -0.39 is 0 Å². The number of aryl methyl sites for hydroxylation is 1. The SMILES string of the molecule is CCC[C@H](c1ccc(F)c(C)c1)N1CCNCC1.Cl.Cl. The number of rotatable bonds is 4. The van der Waals surface area contributed by atoms with Crippen molar-refractivity contribution in [2.45, 2.75) is 32.7 Å². The molecule has 0 bridgehead atoms. The van der Waals surface area contributed by atoms with Crippen molar-refractivity contribution in [1.29, 1.82) is 0 Å². The normalized spacial score (nSPS) is 16.9. The third-order valence-corrected chi connectivity index (χ3v) is 3.72. The summed E-state index contributed by atoms with van der Waals surface area (Å²) < 4.78 is 13.4. The van der Waals surface area contributed by atoms with Crippen LogP contribution >= 0.6 is 24.8 Å². The summed E-state index contributed by atoms with van der Waals surface area (Å²) in [6.07, 6.45) is 2.30. The topological polar surface area (TPSA) is 15.3 Å². The molecule has 116 valence electrons. The first-order valence-corrected chi connectivity index (χ1v) is 6.93. The Labute approximate surface area is 133 Å². The van der Waals surface area contributed by atoms with Crippen molar-refractivity contribution in [3.8, 4) is 0 Å². The molecule has 1 aromatic carbocycles. The number of hydrogen-bond donors (Lipinski definition) is 1. The van der Waals surface area contributed by atoms with Gasteiger partial charge in [-0.2, -0.15) is 0 Å². The van der Waals surface area contributed by atoms with Crippen molar-refractivity contribution >= 4 is 24.8 Å². The van der Waals surface area contributed by atoms with Crippen LogP contribution in [0.5, 0.6) is 0 Å². The fraction of sp³-hybridized carbons (Fsp3) is 0.600. The van der Waals surface area contributed by atoms with Gasteiger partial charge in [-0.15, -0.1) is 24.8 Å². The molecule has 0 saturated carbocycles. The van der Waals surface area contributed by atoms with Gasteiger partial charge in [-0.25, -0.2) is 4.39 Å². The van der Waals surface area contributed by atoms with E-state index in [0.717, 1.165) is 44.6 Å². The van der Waals surface area contributed by atoms with Crippen molar-refractivity contribution in [1.82, 2.24) is 10.2 Å². The van der Waals surface area contributed by atoms with Crippen LogP contribution in [-0.2, 0) is 0 Å². The van der Waals surface area contributed by atoms with Gasteiger partial charge in [0.2, 0.25) is 0 Å². The smallest absolute Gasteiger partial charge is 0.126 e. The van der Waals surface area contributed by atoms with Crippen molar-refractivity contribution in [2.75, 3.05) is 26.2 Å². The van der Waals surface area contributed by atoms with Crippen LogP contribution in [0.1, 0.15) is 36.9 Å². The number of benzene rings is 1. The minimum Gasteiger partial charge on any atom is -0.314 e. The molecule has 1 aliphatic rings. The van der Waals surface area contributed by atoms with Gasteiger partial charge in [-0.05, 0) is 30.5 Å². The van der Waals surface area contributed by atoms with Gasteiger partial charge in [0, 0.05) is 32.2 Å². The average Bonchev–Trinajstić information content (AvgIpc) is 2.40. The minimum absolute atomic E-state index is 0. The van der Waals surface area contributed by atoms with E-state index in [1.54, 1.807) is 6.07 Å². The molecular formula is C15H25Cl2FN2. The first-order chi connectivity index (χ1) is 8.72. The van der Waals surface area contributed by atoms with Crippen molar-refractivity contribution in [2.24, 2.45) is 0 Å². The van der Waals surface area contributed by atoms with E-state index in [2.05, 4.69) is 17.1 Å². The highest BCUT2D eigenvalue weighted by Gasteiger charge is 2.21. The molecule has 5 heteroatoms. The number of nitrogens with one attached hydrogen (secondary N) is 1. The van der Waals surface area contributed by atoms with E-state index in [9.17, 15) is 4.39 Å². The number of halogens is 3. The molecule has 20 heavy (non-hydrogen) atoms. The van der Waals surface area contributed by atoms with Gasteiger partial charge in [-0.3, -0.25) is 4.90 Å². The van der Waals surface area contributed by atoms with Crippen LogP contribution in [0.4, 0.5) is 4.39 Å². The van der Waals surface area contributed by atoms with E-state index in [1.807, 2.05) is 19.1 Å². The third-order valence-electron chi connectivity index (χ3n) is 3.72. The lowest BCUT2D eigenvalue weighted by Gasteiger charge is -2.35. The molecule has 1 fully saturated rings. The molecule has 2 rings (SSSR count). The first kappa shape index (κ1) is 19.7. The molecule has 1 aromatic rings. The van der Waals surface area contributed by atoms with E-state index in [4.69, 9.17) is 0 Å². The van der Waals surface area contributed by atoms with Gasteiger partial charge in [0.05, 0.1) is 0 Å². The van der Waals surface area contributed by atoms with Crippen LogP contribution in [0.2, 0.25) is 0 Å². The molecule has 0 amide bonds. The van der Waals surface area contributed by atoms with Gasteiger partial charge in [0.25, 0.3) is 0 Å². The van der Waals surface area contributed by atoms with Gasteiger partial charge < -0.3 is 5.32 Å². The third kappa shape index (κ3) is 4.88. The van der Waals surface area contributed by atoms with Crippen LogP contribution in [0.15, 0.2) is 18.2 Å². The monoisotopic (exact) mass is 322 g/mol. The highest BCUT2D eigenvalue weighted by molar-refractivity contribution is 5.85. The lowest BCUT2D eigenvalue weighted by Crippen LogP contribution is -2.45. The highest BCUT2D eigenvalue weighted by atomic mass is 35.5. The van der Waals surface area contributed by atoms with Gasteiger partial charge in [0.15, 0.2) is 0 Å². The molecule has 1 saturated heterocycles. The minimum atomic E-state index is -0.102. The molecule has 1 N–H and O–H groups in total. The first-order valence-electron chi connectivity index (χ1n) is 6.93. The lowest BCUT2D eigenvalue weighted by atomic mass is 9.98. The highest BCUT2D eigenvalue weighted by Crippen LogP contribution is 2.27. The predicted octanol–water partition coefficient (Wildman–Crippen LogP) is 3.72. The second-order valence-corrected chi connectivity index (χ2v) is 5.10. The Morgan fingerprint density at radius 2 is 1.90 bits per heavy atom. The number of hydrogen-bond acceptors (Lipinski definition) is 2. The molecule has 0 spiro atoms. The van der Waals surface area contributed by atoms with E-state index in [0.29, 0.717) is 6.04 Å². The Morgan fingerprint density at radius 3 is 2.45 bits per heavy atom. The van der Waals surface area contributed by atoms with Crippen LogP contribution in [0, 0.1) is 12.7 Å². The standard InChI is InChI=1S/C15H23FN2.2ClH/c1-3-4-15(18-9-7-17-8-10-18)13-5-6-14(16)12(2)11-13;;/h5-6,11,15,17H,3-4,7-10H2,1-2H3;2*1H/t15-;;/m1../s1. The van der Waals surface area contributed by atoms with Gasteiger partial charge >= 0.3 is 0 Å². The van der Waals surface area contributed by atoms with Crippen LogP contribution in [-0.4, -0.2) is 31.1 Å². The maximum absolute atomic E-state index is 13.4. The molecule has 1 atom stereocenters. The molecule has 0 aliphatic carbocycles. The molecule has 1 aliphatic heterocycles. The van der Waals surface area contributed by atoms with Gasteiger partial charge in [-0.1, -0.05) is 25.5 Å². The molecule has 0 radical (unpaired) electrons. The van der Waals surface area contributed by atoms with Crippen molar-refractivity contribution in [3.05, 3.63) is 35.1 Å². The summed E-state index contributed by atoms with van der Waals surface area (Å²) in [7, 11) is 0. The van der Waals surface area contributed by atoms with E-state index >= 15 is 0 Å². The Hall–Kier alpha value is -0.350. The maximum atomic E-state index is 13.4. The van der Waals surface area contributed by atoms with E-state index in [1.165, 1.54) is 5.56 Å². The molecule has 0 unspecified atom stereocenters. The van der Waals surface area contributed by atoms with E-state index in [-0.39, 0.29) is 30.6 Å². The number of piperazine rings is 1. The zero-order chi connectivity index (χ0) is 13.0. The summed E-state index contributed by atoms with van der Waals surface area (Å²) in [4.78, 5) is 2.52. The molecule has 1 heterocycles. The predicted molar refractivity (Wildman–Crippen MR) is 87.7 cm³/mol. The quantitative estimate of drug-likeness (QED) is 0.908. The molecule has 2 nitrogen and oxygen atoms in total. The Balaban J connectivity index is 0.00000180. The largest absolute Gasteiger partial charge is 0.314 e. The Morgan fingerprint density at radius 1 is 1.25 bits per heavy atom. The fourth-order valence-electron chi connectivity index (χ4n) is 2.70. The lowest BCUT2D eigenvalue weighted by molar-refractivity contribution is 0.164. The van der Waals surface area contributed by atoms with Crippen LogP contribution in [0.3, 0.4) is 0 Å². The Kier molecular flexibility index (Phi) is 9.39. The summed E-state index contributed by atoms with van der Waals surface area (Å²) in [5, 5.41) is 3.38. The Bertz CT molecular complexity index is 395. The molecule has 0 aromatic heterocycles. The second kappa shape index (κ2) is 9.56. The van der Waals surface area contributed by atoms with Crippen LogP contribution < -0.4 is 5.32 Å². The maximum Gasteiger partial charge on any atom is 0.126 e. The summed E-state index contributed by atoms with van der Waals surface area (Å²) in [6, 6.07) is 6.01. The molecular weight excluding hydrogens is 298 g/mol. The summed E-state index contributed by atoms with van der Waals surface area (Å²) in [5.74, 6) is -0.102. The zero-order valence-corrected chi connectivity index (χ0v) is 13.8.